The Kier molecular flexibility index (Phi) is 2.85. The molecule has 1 rings (SSSR count). The van der Waals surface area contributed by atoms with Crippen molar-refractivity contribution in [3.63, 3.8) is 0 Å². The minimum absolute atomic E-state index is 0.514. The van der Waals surface area contributed by atoms with Crippen molar-refractivity contribution in [2.24, 2.45) is 0 Å². The van der Waals surface area contributed by atoms with Crippen LogP contribution in [0.4, 0.5) is 0 Å². The van der Waals surface area contributed by atoms with Gasteiger partial charge in [-0.2, -0.15) is 8.42 Å². The molecule has 0 aliphatic heterocycles. The highest BCUT2D eigenvalue weighted by Gasteiger charge is 2.20. The van der Waals surface area contributed by atoms with Gasteiger partial charge in [-0.05, 0) is 5.56 Å². The first-order valence-electron chi connectivity index (χ1n) is 3.69. The predicted octanol–water partition coefficient (Wildman–Crippen LogP) is 1.80. The van der Waals surface area contributed by atoms with Gasteiger partial charge in [0.15, 0.2) is 0 Å². The Bertz CT molecular complexity index is 381. The molecule has 0 aliphatic rings. The van der Waals surface area contributed by atoms with Crippen LogP contribution in [0.5, 0.6) is 0 Å². The first-order valence-corrected chi connectivity index (χ1v) is 5.20. The summed E-state index contributed by atoms with van der Waals surface area (Å²) in [5, 5.41) is -1.03. The van der Waals surface area contributed by atoms with E-state index in [1.807, 2.05) is 0 Å². The fourth-order valence-electron chi connectivity index (χ4n) is 1.07. The Morgan fingerprint density at radius 2 is 1.85 bits per heavy atom. The van der Waals surface area contributed by atoms with Crippen LogP contribution in [0.15, 0.2) is 43.0 Å². The highest BCUT2D eigenvalue weighted by molar-refractivity contribution is 7.86. The van der Waals surface area contributed by atoms with Crippen molar-refractivity contribution in [1.82, 2.24) is 0 Å². The van der Waals surface area contributed by atoms with Gasteiger partial charge in [-0.15, -0.1) is 6.58 Å². The van der Waals surface area contributed by atoms with Crippen LogP contribution in [0.3, 0.4) is 0 Å². The fourth-order valence-corrected chi connectivity index (χ4v) is 1.82. The standard InChI is InChI=1S/C9H10O3S/c1-2-9(13(10,11)12)8-6-4-3-5-7-8/h2-7,9H,1H2,(H,10,11,12)/t9-/m1/s1. The summed E-state index contributed by atoms with van der Waals surface area (Å²) in [5.74, 6) is 0. The predicted molar refractivity (Wildman–Crippen MR) is 50.9 cm³/mol. The Labute approximate surface area is 77.5 Å². The van der Waals surface area contributed by atoms with Crippen molar-refractivity contribution in [3.05, 3.63) is 48.6 Å². The minimum Gasteiger partial charge on any atom is -0.285 e. The lowest BCUT2D eigenvalue weighted by Gasteiger charge is -2.08. The summed E-state index contributed by atoms with van der Waals surface area (Å²) in [6.07, 6.45) is 1.20. The zero-order valence-corrected chi connectivity index (χ0v) is 7.74. The van der Waals surface area contributed by atoms with Crippen molar-refractivity contribution in [2.75, 3.05) is 0 Å². The molecule has 13 heavy (non-hydrogen) atoms. The van der Waals surface area contributed by atoms with E-state index in [1.165, 1.54) is 6.08 Å². The lowest BCUT2D eigenvalue weighted by atomic mass is 10.1. The van der Waals surface area contributed by atoms with E-state index in [4.69, 9.17) is 4.55 Å². The Morgan fingerprint density at radius 1 is 1.31 bits per heavy atom. The van der Waals surface area contributed by atoms with Gasteiger partial charge in [0.25, 0.3) is 10.1 Å². The molecule has 0 aliphatic carbocycles. The summed E-state index contributed by atoms with van der Waals surface area (Å²) in [5.41, 5.74) is 0.514. The van der Waals surface area contributed by atoms with Crippen molar-refractivity contribution in [1.29, 1.82) is 0 Å². The van der Waals surface area contributed by atoms with Gasteiger partial charge in [0.1, 0.15) is 5.25 Å². The van der Waals surface area contributed by atoms with Gasteiger partial charge in [0.05, 0.1) is 0 Å². The maximum Gasteiger partial charge on any atom is 0.275 e. The SMILES string of the molecule is C=C[C@H](c1ccccc1)S(=O)(=O)O. The molecule has 4 heteroatoms. The second kappa shape index (κ2) is 3.72. The summed E-state index contributed by atoms with van der Waals surface area (Å²) in [7, 11) is -4.09. The minimum atomic E-state index is -4.09. The van der Waals surface area contributed by atoms with Crippen molar-refractivity contribution in [2.45, 2.75) is 5.25 Å². The lowest BCUT2D eigenvalue weighted by molar-refractivity contribution is 0.476. The fraction of sp³-hybridized carbons (Fsp3) is 0.111. The van der Waals surface area contributed by atoms with Gasteiger partial charge in [-0.3, -0.25) is 4.55 Å². The number of hydrogen-bond donors (Lipinski definition) is 1. The van der Waals surface area contributed by atoms with E-state index >= 15 is 0 Å². The molecule has 1 aromatic carbocycles. The molecule has 0 heterocycles. The Hall–Kier alpha value is -1.13. The van der Waals surface area contributed by atoms with Crippen LogP contribution in [0, 0.1) is 0 Å². The van der Waals surface area contributed by atoms with Gasteiger partial charge in [0.2, 0.25) is 0 Å². The quantitative estimate of drug-likeness (QED) is 0.595. The van der Waals surface area contributed by atoms with E-state index in [0.29, 0.717) is 5.56 Å². The van der Waals surface area contributed by atoms with Crippen LogP contribution in [0.25, 0.3) is 0 Å². The smallest absolute Gasteiger partial charge is 0.275 e. The molecule has 0 bridgehead atoms. The average molecular weight is 198 g/mol. The molecule has 0 radical (unpaired) electrons. The molecule has 3 nitrogen and oxygen atoms in total. The highest BCUT2D eigenvalue weighted by Crippen LogP contribution is 2.21. The van der Waals surface area contributed by atoms with Crippen molar-refractivity contribution >= 4 is 10.1 Å². The van der Waals surface area contributed by atoms with Gasteiger partial charge in [-0.1, -0.05) is 36.4 Å². The van der Waals surface area contributed by atoms with Crippen LogP contribution in [-0.4, -0.2) is 13.0 Å². The summed E-state index contributed by atoms with van der Waals surface area (Å²) >= 11 is 0. The Balaban J connectivity index is 3.13. The third-order valence-corrected chi connectivity index (χ3v) is 2.77. The van der Waals surface area contributed by atoms with Crippen molar-refractivity contribution in [3.8, 4) is 0 Å². The molecule has 1 aromatic rings. The van der Waals surface area contributed by atoms with Gasteiger partial charge in [0, 0.05) is 0 Å². The third kappa shape index (κ3) is 2.40. The average Bonchev–Trinajstić information content (AvgIpc) is 2.05. The molecule has 0 spiro atoms. The molecule has 0 saturated heterocycles. The van der Waals surface area contributed by atoms with E-state index in [1.54, 1.807) is 30.3 Å². The molecule has 70 valence electrons. The summed E-state index contributed by atoms with van der Waals surface area (Å²) in [6, 6.07) is 8.43. The molecule has 0 saturated carbocycles. The number of hydrogen-bond acceptors (Lipinski definition) is 2. The second-order valence-electron chi connectivity index (χ2n) is 2.58. The first kappa shape index (κ1) is 9.95. The number of benzene rings is 1. The van der Waals surface area contributed by atoms with Crippen molar-refractivity contribution < 1.29 is 13.0 Å². The first-order chi connectivity index (χ1) is 6.05. The molecular weight excluding hydrogens is 188 g/mol. The van der Waals surface area contributed by atoms with E-state index in [-0.39, 0.29) is 0 Å². The maximum atomic E-state index is 10.8. The molecule has 0 amide bonds. The zero-order chi connectivity index (χ0) is 9.90. The van der Waals surface area contributed by atoms with E-state index in [2.05, 4.69) is 6.58 Å². The third-order valence-electron chi connectivity index (χ3n) is 1.66. The lowest BCUT2D eigenvalue weighted by Crippen LogP contribution is -2.09. The van der Waals surface area contributed by atoms with Gasteiger partial charge >= 0.3 is 0 Å². The zero-order valence-electron chi connectivity index (χ0n) is 6.92. The van der Waals surface area contributed by atoms with E-state index in [0.717, 1.165) is 0 Å². The van der Waals surface area contributed by atoms with E-state index < -0.39 is 15.4 Å². The molecular formula is C9H10O3S. The van der Waals surface area contributed by atoms with Crippen LogP contribution < -0.4 is 0 Å². The van der Waals surface area contributed by atoms with Crippen LogP contribution in [-0.2, 0) is 10.1 Å². The molecule has 1 atom stereocenters. The summed E-state index contributed by atoms with van der Waals surface area (Å²) in [6.45, 7) is 3.36. The largest absolute Gasteiger partial charge is 0.285 e. The van der Waals surface area contributed by atoms with Gasteiger partial charge < -0.3 is 0 Å². The highest BCUT2D eigenvalue weighted by atomic mass is 32.2. The maximum absolute atomic E-state index is 10.8. The molecule has 0 aromatic heterocycles. The topological polar surface area (TPSA) is 54.4 Å². The van der Waals surface area contributed by atoms with Gasteiger partial charge in [-0.25, -0.2) is 0 Å². The summed E-state index contributed by atoms with van der Waals surface area (Å²) < 4.78 is 30.5. The van der Waals surface area contributed by atoms with Crippen LogP contribution in [0.2, 0.25) is 0 Å². The summed E-state index contributed by atoms with van der Waals surface area (Å²) in [4.78, 5) is 0. The second-order valence-corrected chi connectivity index (χ2v) is 4.12. The Morgan fingerprint density at radius 3 is 2.23 bits per heavy atom. The molecule has 0 fully saturated rings. The number of rotatable bonds is 3. The van der Waals surface area contributed by atoms with Crippen LogP contribution in [0.1, 0.15) is 10.8 Å². The van der Waals surface area contributed by atoms with E-state index in [9.17, 15) is 8.42 Å². The van der Waals surface area contributed by atoms with Crippen LogP contribution >= 0.6 is 0 Å². The normalized spacial score (nSPS) is 13.6. The monoisotopic (exact) mass is 198 g/mol. The molecule has 0 unspecified atom stereocenters. The molecule has 1 N–H and O–H groups in total.